The van der Waals surface area contributed by atoms with Gasteiger partial charge in [-0.2, -0.15) is 0 Å². The van der Waals surface area contributed by atoms with E-state index in [1.54, 1.807) is 6.20 Å². The van der Waals surface area contributed by atoms with Crippen LogP contribution >= 0.6 is 15.9 Å². The van der Waals surface area contributed by atoms with Gasteiger partial charge in [-0.05, 0) is 48.3 Å². The lowest BCUT2D eigenvalue weighted by molar-refractivity contribution is 0.234. The minimum Gasteiger partial charge on any atom is -0.394 e. The molecular weight excluding hydrogens is 244 g/mol. The molecule has 0 aliphatic carbocycles. The molecule has 0 radical (unpaired) electrons. The Kier molecular flexibility index (Phi) is 3.50. The van der Waals surface area contributed by atoms with Crippen LogP contribution in [0.5, 0.6) is 0 Å². The first-order valence-corrected chi connectivity index (χ1v) is 5.26. The van der Waals surface area contributed by atoms with Crippen LogP contribution in [0.15, 0.2) is 16.7 Å². The van der Waals surface area contributed by atoms with Crippen LogP contribution in [0.25, 0.3) is 0 Å². The summed E-state index contributed by atoms with van der Waals surface area (Å²) in [4.78, 5) is 4.20. The number of aryl methyl sites for hydroxylation is 1. The number of nitrogens with one attached hydrogen (secondary N) is 1. The number of hydrogen-bond acceptors (Lipinski definition) is 3. The molecule has 78 valence electrons. The van der Waals surface area contributed by atoms with E-state index in [4.69, 9.17) is 5.11 Å². The molecule has 0 aromatic carbocycles. The van der Waals surface area contributed by atoms with Crippen LogP contribution in [0.4, 0.5) is 5.82 Å². The van der Waals surface area contributed by atoms with Gasteiger partial charge >= 0.3 is 0 Å². The summed E-state index contributed by atoms with van der Waals surface area (Å²) in [5, 5.41) is 12.3. The van der Waals surface area contributed by atoms with Crippen LogP contribution in [0.2, 0.25) is 0 Å². The largest absolute Gasteiger partial charge is 0.394 e. The lowest BCUT2D eigenvalue weighted by Crippen LogP contribution is -2.35. The van der Waals surface area contributed by atoms with Crippen molar-refractivity contribution in [3.8, 4) is 0 Å². The van der Waals surface area contributed by atoms with Crippen molar-refractivity contribution in [3.05, 3.63) is 22.3 Å². The third-order valence-corrected chi connectivity index (χ3v) is 2.94. The molecule has 1 aromatic rings. The molecule has 0 saturated heterocycles. The zero-order valence-corrected chi connectivity index (χ0v) is 10.2. The minimum absolute atomic E-state index is 0.0645. The Morgan fingerprint density at radius 1 is 1.57 bits per heavy atom. The molecule has 0 aliphatic heterocycles. The predicted octanol–water partition coefficient (Wildman–Crippen LogP) is 2.34. The Bertz CT molecular complexity index is 326. The maximum absolute atomic E-state index is 9.11. The maximum atomic E-state index is 9.11. The van der Waals surface area contributed by atoms with Crippen LogP contribution in [0, 0.1) is 6.92 Å². The summed E-state index contributed by atoms with van der Waals surface area (Å²) in [5.74, 6) is 0.768. The molecule has 1 heterocycles. The van der Waals surface area contributed by atoms with E-state index in [2.05, 4.69) is 26.2 Å². The summed E-state index contributed by atoms with van der Waals surface area (Å²) in [5.41, 5.74) is 0.764. The molecule has 3 nitrogen and oxygen atoms in total. The first-order valence-electron chi connectivity index (χ1n) is 4.46. The van der Waals surface area contributed by atoms with Gasteiger partial charge in [-0.1, -0.05) is 0 Å². The van der Waals surface area contributed by atoms with Crippen LogP contribution < -0.4 is 5.32 Å². The number of aliphatic hydroxyl groups is 1. The van der Waals surface area contributed by atoms with E-state index in [-0.39, 0.29) is 12.1 Å². The molecule has 1 rings (SSSR count). The second-order valence-electron chi connectivity index (χ2n) is 3.96. The second kappa shape index (κ2) is 4.28. The number of hydrogen-bond donors (Lipinski definition) is 2. The van der Waals surface area contributed by atoms with Crippen LogP contribution in [0.3, 0.4) is 0 Å². The number of aromatic nitrogens is 1. The first-order chi connectivity index (χ1) is 6.46. The highest BCUT2D eigenvalue weighted by molar-refractivity contribution is 9.10. The fourth-order valence-corrected chi connectivity index (χ4v) is 1.32. The van der Waals surface area contributed by atoms with Gasteiger partial charge in [-0.15, -0.1) is 0 Å². The quantitative estimate of drug-likeness (QED) is 0.875. The molecule has 0 spiro atoms. The molecule has 4 heteroatoms. The summed E-state index contributed by atoms with van der Waals surface area (Å²) in [7, 11) is 0. The van der Waals surface area contributed by atoms with Crippen molar-refractivity contribution in [2.75, 3.05) is 11.9 Å². The van der Waals surface area contributed by atoms with Crippen molar-refractivity contribution in [1.29, 1.82) is 0 Å². The van der Waals surface area contributed by atoms with Gasteiger partial charge in [-0.25, -0.2) is 4.98 Å². The highest BCUT2D eigenvalue weighted by Gasteiger charge is 2.17. The lowest BCUT2D eigenvalue weighted by atomic mass is 10.1. The molecule has 0 bridgehead atoms. The predicted molar refractivity (Wildman–Crippen MR) is 61.5 cm³/mol. The van der Waals surface area contributed by atoms with Crippen molar-refractivity contribution in [2.24, 2.45) is 0 Å². The van der Waals surface area contributed by atoms with Crippen LogP contribution in [-0.4, -0.2) is 22.2 Å². The Hall–Kier alpha value is -0.610. The third kappa shape index (κ3) is 2.69. The minimum atomic E-state index is -0.358. The lowest BCUT2D eigenvalue weighted by Gasteiger charge is -2.25. The average Bonchev–Trinajstić information content (AvgIpc) is 2.13. The standard InChI is InChI=1S/C10H15BrN2O/c1-7-4-5-12-9(8(7)11)13-10(2,3)6-14/h4-5,14H,6H2,1-3H3,(H,12,13). The van der Waals surface area contributed by atoms with Gasteiger partial charge in [0.15, 0.2) is 0 Å². The Labute approximate surface area is 92.7 Å². The van der Waals surface area contributed by atoms with Crippen LogP contribution in [0.1, 0.15) is 19.4 Å². The number of nitrogens with zero attached hydrogens (tertiary/aromatic N) is 1. The van der Waals surface area contributed by atoms with Crippen LogP contribution in [-0.2, 0) is 0 Å². The highest BCUT2D eigenvalue weighted by Crippen LogP contribution is 2.25. The van der Waals surface area contributed by atoms with Gasteiger partial charge < -0.3 is 10.4 Å². The van der Waals surface area contributed by atoms with Gasteiger partial charge in [0.2, 0.25) is 0 Å². The van der Waals surface area contributed by atoms with Gasteiger partial charge in [0.05, 0.1) is 16.6 Å². The topological polar surface area (TPSA) is 45.2 Å². The number of anilines is 1. The van der Waals surface area contributed by atoms with Gasteiger partial charge in [-0.3, -0.25) is 0 Å². The molecule has 0 saturated carbocycles. The molecule has 1 aromatic heterocycles. The number of halogens is 1. The molecule has 0 atom stereocenters. The zero-order valence-electron chi connectivity index (χ0n) is 8.63. The highest BCUT2D eigenvalue weighted by atomic mass is 79.9. The van der Waals surface area contributed by atoms with E-state index in [9.17, 15) is 0 Å². The molecule has 0 unspecified atom stereocenters. The van der Waals surface area contributed by atoms with Crippen molar-refractivity contribution in [3.63, 3.8) is 0 Å². The van der Waals surface area contributed by atoms with E-state index in [0.717, 1.165) is 15.9 Å². The van der Waals surface area contributed by atoms with E-state index >= 15 is 0 Å². The van der Waals surface area contributed by atoms with Gasteiger partial charge in [0.1, 0.15) is 5.82 Å². The fraction of sp³-hybridized carbons (Fsp3) is 0.500. The summed E-state index contributed by atoms with van der Waals surface area (Å²) < 4.78 is 0.946. The maximum Gasteiger partial charge on any atom is 0.141 e. The average molecular weight is 259 g/mol. The molecule has 2 N–H and O–H groups in total. The van der Waals surface area contributed by atoms with Crippen molar-refractivity contribution in [1.82, 2.24) is 4.98 Å². The monoisotopic (exact) mass is 258 g/mol. The van der Waals surface area contributed by atoms with Crippen molar-refractivity contribution >= 4 is 21.7 Å². The first kappa shape index (κ1) is 11.5. The van der Waals surface area contributed by atoms with E-state index in [1.807, 2.05) is 26.8 Å². The van der Waals surface area contributed by atoms with E-state index in [1.165, 1.54) is 0 Å². The van der Waals surface area contributed by atoms with E-state index in [0.29, 0.717) is 0 Å². The Morgan fingerprint density at radius 3 is 2.79 bits per heavy atom. The molecule has 0 fully saturated rings. The second-order valence-corrected chi connectivity index (χ2v) is 4.75. The summed E-state index contributed by atoms with van der Waals surface area (Å²) >= 11 is 3.46. The molecular formula is C10H15BrN2O. The van der Waals surface area contributed by atoms with Gasteiger partial charge in [0.25, 0.3) is 0 Å². The number of aliphatic hydroxyl groups excluding tert-OH is 1. The molecule has 0 amide bonds. The summed E-state index contributed by atoms with van der Waals surface area (Å²) in [6.07, 6.45) is 1.75. The zero-order chi connectivity index (χ0) is 10.8. The van der Waals surface area contributed by atoms with Gasteiger partial charge in [0, 0.05) is 6.20 Å². The Balaban J connectivity index is 2.92. The normalized spacial score (nSPS) is 11.5. The van der Waals surface area contributed by atoms with E-state index < -0.39 is 0 Å². The Morgan fingerprint density at radius 2 is 2.21 bits per heavy atom. The van der Waals surface area contributed by atoms with Crippen molar-refractivity contribution < 1.29 is 5.11 Å². The molecule has 14 heavy (non-hydrogen) atoms. The third-order valence-electron chi connectivity index (χ3n) is 1.93. The summed E-state index contributed by atoms with van der Waals surface area (Å²) in [6.45, 7) is 5.91. The smallest absolute Gasteiger partial charge is 0.141 e. The summed E-state index contributed by atoms with van der Waals surface area (Å²) in [6, 6.07) is 1.93. The molecule has 0 aliphatic rings. The van der Waals surface area contributed by atoms with Crippen molar-refractivity contribution in [2.45, 2.75) is 26.3 Å². The SMILES string of the molecule is Cc1ccnc(NC(C)(C)CO)c1Br. The fourth-order valence-electron chi connectivity index (χ4n) is 0.987. The number of pyridine rings is 1. The number of rotatable bonds is 3.